The quantitative estimate of drug-likeness (QED) is 0.688. The van der Waals surface area contributed by atoms with E-state index in [1.54, 1.807) is 24.3 Å². The number of ether oxygens (including phenoxy) is 2. The standard InChI is InChI=1S/C16H12F2N4O3/c1-9(23)14-15(21-22-20-14)24-12-5-6-13(19-8-12)10-3-2-4-11(7-10)25-16(17)18/h2-8,16H,1H3,(H,20,21,22). The highest BCUT2D eigenvalue weighted by atomic mass is 19.3. The van der Waals surface area contributed by atoms with E-state index in [1.807, 2.05) is 0 Å². The van der Waals surface area contributed by atoms with Gasteiger partial charge in [0.15, 0.2) is 11.5 Å². The highest BCUT2D eigenvalue weighted by molar-refractivity contribution is 5.94. The van der Waals surface area contributed by atoms with Gasteiger partial charge < -0.3 is 9.47 Å². The van der Waals surface area contributed by atoms with Crippen molar-refractivity contribution in [2.45, 2.75) is 13.5 Å². The third-order valence-corrected chi connectivity index (χ3v) is 3.17. The van der Waals surface area contributed by atoms with Crippen LogP contribution in [0.15, 0.2) is 42.6 Å². The Kier molecular flexibility index (Phi) is 4.64. The lowest BCUT2D eigenvalue weighted by Gasteiger charge is -2.07. The van der Waals surface area contributed by atoms with Crippen LogP contribution in [0.2, 0.25) is 0 Å². The third kappa shape index (κ3) is 3.94. The molecule has 0 aliphatic rings. The molecule has 2 heterocycles. The van der Waals surface area contributed by atoms with Crippen molar-refractivity contribution in [2.24, 2.45) is 0 Å². The van der Waals surface area contributed by atoms with E-state index in [9.17, 15) is 13.6 Å². The van der Waals surface area contributed by atoms with Gasteiger partial charge in [-0.1, -0.05) is 22.4 Å². The van der Waals surface area contributed by atoms with Gasteiger partial charge in [-0.15, -0.1) is 0 Å². The number of halogens is 2. The molecule has 0 aliphatic heterocycles. The third-order valence-electron chi connectivity index (χ3n) is 3.17. The van der Waals surface area contributed by atoms with E-state index in [0.717, 1.165) is 0 Å². The number of hydrogen-bond donors (Lipinski definition) is 1. The summed E-state index contributed by atoms with van der Waals surface area (Å²) in [6.07, 6.45) is 1.43. The monoisotopic (exact) mass is 346 g/mol. The zero-order chi connectivity index (χ0) is 17.8. The summed E-state index contributed by atoms with van der Waals surface area (Å²) in [4.78, 5) is 15.6. The van der Waals surface area contributed by atoms with Gasteiger partial charge in [0.1, 0.15) is 11.5 Å². The maximum atomic E-state index is 12.3. The first-order chi connectivity index (χ1) is 12.0. The van der Waals surface area contributed by atoms with Gasteiger partial charge in [0.2, 0.25) is 0 Å². The van der Waals surface area contributed by atoms with Crippen molar-refractivity contribution < 1.29 is 23.0 Å². The van der Waals surface area contributed by atoms with E-state index in [0.29, 0.717) is 17.0 Å². The van der Waals surface area contributed by atoms with E-state index < -0.39 is 6.61 Å². The summed E-state index contributed by atoms with van der Waals surface area (Å²) in [7, 11) is 0. The number of carbonyl (C=O) groups is 1. The molecular weight excluding hydrogens is 334 g/mol. The number of alkyl halides is 2. The van der Waals surface area contributed by atoms with Crippen LogP contribution in [0.25, 0.3) is 11.3 Å². The zero-order valence-corrected chi connectivity index (χ0v) is 12.9. The van der Waals surface area contributed by atoms with Gasteiger partial charge in [-0.3, -0.25) is 14.9 Å². The Bertz CT molecular complexity index is 881. The van der Waals surface area contributed by atoms with Gasteiger partial charge >= 0.3 is 6.61 Å². The van der Waals surface area contributed by atoms with Gasteiger partial charge in [0, 0.05) is 12.5 Å². The molecule has 1 N–H and O–H groups in total. The second-order valence-electron chi connectivity index (χ2n) is 4.94. The molecule has 0 spiro atoms. The summed E-state index contributed by atoms with van der Waals surface area (Å²) in [5.41, 5.74) is 1.30. The molecular formula is C16H12F2N4O3. The fourth-order valence-corrected chi connectivity index (χ4v) is 2.07. The van der Waals surface area contributed by atoms with E-state index in [1.165, 1.54) is 25.3 Å². The number of aromatic nitrogens is 4. The number of H-pyrrole nitrogens is 1. The van der Waals surface area contributed by atoms with Crippen LogP contribution in [0.3, 0.4) is 0 Å². The van der Waals surface area contributed by atoms with Crippen LogP contribution >= 0.6 is 0 Å². The number of rotatable bonds is 6. The van der Waals surface area contributed by atoms with Gasteiger partial charge in [0.05, 0.1) is 11.9 Å². The second kappa shape index (κ2) is 7.04. The van der Waals surface area contributed by atoms with Crippen molar-refractivity contribution in [3.8, 4) is 28.6 Å². The van der Waals surface area contributed by atoms with Crippen molar-refractivity contribution in [1.82, 2.24) is 20.4 Å². The Balaban J connectivity index is 1.78. The number of pyridine rings is 1. The van der Waals surface area contributed by atoms with E-state index in [2.05, 4.69) is 25.1 Å². The summed E-state index contributed by atoms with van der Waals surface area (Å²) >= 11 is 0. The lowest BCUT2D eigenvalue weighted by atomic mass is 10.1. The lowest BCUT2D eigenvalue weighted by Crippen LogP contribution is -2.01. The van der Waals surface area contributed by atoms with Gasteiger partial charge in [-0.05, 0) is 24.3 Å². The minimum Gasteiger partial charge on any atom is -0.435 e. The van der Waals surface area contributed by atoms with Crippen LogP contribution in [-0.4, -0.2) is 32.8 Å². The summed E-state index contributed by atoms with van der Waals surface area (Å²) in [6, 6.07) is 9.45. The first-order valence-electron chi connectivity index (χ1n) is 7.14. The van der Waals surface area contributed by atoms with Gasteiger partial charge in [-0.25, -0.2) is 0 Å². The number of hydrogen-bond acceptors (Lipinski definition) is 6. The molecule has 3 aromatic rings. The van der Waals surface area contributed by atoms with Crippen LogP contribution in [-0.2, 0) is 0 Å². The molecule has 0 saturated heterocycles. The molecule has 3 rings (SSSR count). The van der Waals surface area contributed by atoms with Crippen molar-refractivity contribution in [2.75, 3.05) is 0 Å². The van der Waals surface area contributed by atoms with Crippen molar-refractivity contribution in [1.29, 1.82) is 0 Å². The molecule has 0 amide bonds. The van der Waals surface area contributed by atoms with Gasteiger partial charge in [-0.2, -0.15) is 8.78 Å². The molecule has 0 aliphatic carbocycles. The molecule has 9 heteroatoms. The smallest absolute Gasteiger partial charge is 0.387 e. The predicted octanol–water partition coefficient (Wildman–Crippen LogP) is 3.46. The summed E-state index contributed by atoms with van der Waals surface area (Å²) in [5, 5.41) is 9.66. The Morgan fingerprint density at radius 1 is 1.20 bits per heavy atom. The maximum Gasteiger partial charge on any atom is 0.387 e. The van der Waals surface area contributed by atoms with Gasteiger partial charge in [0.25, 0.3) is 5.88 Å². The Labute approximate surface area is 140 Å². The van der Waals surface area contributed by atoms with Crippen molar-refractivity contribution in [3.05, 3.63) is 48.3 Å². The first kappa shape index (κ1) is 16.5. The molecule has 0 unspecified atom stereocenters. The van der Waals surface area contributed by atoms with Crippen LogP contribution in [0.4, 0.5) is 8.78 Å². The minimum absolute atomic E-state index is 0.0447. The molecule has 0 bridgehead atoms. The first-order valence-corrected chi connectivity index (χ1v) is 7.14. The molecule has 128 valence electrons. The van der Waals surface area contributed by atoms with Crippen molar-refractivity contribution in [3.63, 3.8) is 0 Å². The normalized spacial score (nSPS) is 10.7. The zero-order valence-electron chi connectivity index (χ0n) is 12.9. The van der Waals surface area contributed by atoms with E-state index >= 15 is 0 Å². The Morgan fingerprint density at radius 3 is 2.72 bits per heavy atom. The van der Waals surface area contributed by atoms with E-state index in [4.69, 9.17) is 4.74 Å². The number of nitrogens with zero attached hydrogens (tertiary/aromatic N) is 3. The highest BCUT2D eigenvalue weighted by Crippen LogP contribution is 2.26. The molecule has 0 atom stereocenters. The molecule has 7 nitrogen and oxygen atoms in total. The van der Waals surface area contributed by atoms with Crippen LogP contribution in [0.5, 0.6) is 17.4 Å². The molecule has 0 radical (unpaired) electrons. The Morgan fingerprint density at radius 2 is 2.04 bits per heavy atom. The molecule has 1 aromatic carbocycles. The number of benzene rings is 1. The number of ketones is 1. The fraction of sp³-hybridized carbons (Fsp3) is 0.125. The second-order valence-corrected chi connectivity index (χ2v) is 4.94. The number of carbonyl (C=O) groups excluding carboxylic acids is 1. The molecule has 25 heavy (non-hydrogen) atoms. The Hall–Kier alpha value is -3.36. The predicted molar refractivity (Wildman–Crippen MR) is 82.8 cm³/mol. The van der Waals surface area contributed by atoms with Crippen molar-refractivity contribution >= 4 is 5.78 Å². The minimum atomic E-state index is -2.89. The fourth-order valence-electron chi connectivity index (χ4n) is 2.07. The lowest BCUT2D eigenvalue weighted by molar-refractivity contribution is -0.0498. The van der Waals surface area contributed by atoms with Crippen LogP contribution in [0.1, 0.15) is 17.4 Å². The van der Waals surface area contributed by atoms with Crippen LogP contribution in [0, 0.1) is 0 Å². The van der Waals surface area contributed by atoms with Crippen LogP contribution < -0.4 is 9.47 Å². The maximum absolute atomic E-state index is 12.3. The summed E-state index contributed by atoms with van der Waals surface area (Å²) < 4.78 is 34.4. The number of Topliss-reactive ketones (excluding diaryl/α,β-unsaturated/α-hetero) is 1. The highest BCUT2D eigenvalue weighted by Gasteiger charge is 2.14. The topological polar surface area (TPSA) is 90.0 Å². The molecule has 0 saturated carbocycles. The SMILES string of the molecule is CC(=O)c1[nH]nnc1Oc1ccc(-c2cccc(OC(F)F)c2)nc1. The average Bonchev–Trinajstić information content (AvgIpc) is 3.03. The molecule has 2 aromatic heterocycles. The van der Waals surface area contributed by atoms with E-state index in [-0.39, 0.29) is 23.1 Å². The summed E-state index contributed by atoms with van der Waals surface area (Å²) in [5.74, 6) is 0.179. The largest absolute Gasteiger partial charge is 0.435 e. The summed E-state index contributed by atoms with van der Waals surface area (Å²) in [6.45, 7) is -1.53. The number of aromatic amines is 1. The average molecular weight is 346 g/mol. The molecule has 0 fully saturated rings. The number of nitrogens with one attached hydrogen (secondary N) is 1.